The van der Waals surface area contributed by atoms with Crippen LogP contribution in [-0.4, -0.2) is 24.7 Å². The first kappa shape index (κ1) is 16.4. The summed E-state index contributed by atoms with van der Waals surface area (Å²) >= 11 is 0. The van der Waals surface area contributed by atoms with Crippen LogP contribution in [0.5, 0.6) is 0 Å². The van der Waals surface area contributed by atoms with Crippen LogP contribution in [0.2, 0.25) is 0 Å². The van der Waals surface area contributed by atoms with Crippen molar-refractivity contribution in [2.75, 3.05) is 11.9 Å². The van der Waals surface area contributed by atoms with Crippen molar-refractivity contribution >= 4 is 11.6 Å². The monoisotopic (exact) mass is 296 g/mol. The van der Waals surface area contributed by atoms with Crippen LogP contribution in [-0.2, 0) is 4.79 Å². The van der Waals surface area contributed by atoms with E-state index in [0.717, 1.165) is 18.2 Å². The van der Waals surface area contributed by atoms with Crippen molar-refractivity contribution in [2.24, 2.45) is 0 Å². The van der Waals surface area contributed by atoms with Crippen LogP contribution >= 0.6 is 0 Å². The van der Waals surface area contributed by atoms with E-state index in [-0.39, 0.29) is 0 Å². The number of alkyl halides is 3. The van der Waals surface area contributed by atoms with Crippen molar-refractivity contribution in [3.63, 3.8) is 0 Å². The van der Waals surface area contributed by atoms with Gasteiger partial charge in [-0.05, 0) is 19.1 Å². The zero-order valence-electron chi connectivity index (χ0n) is 10.5. The standard InChI is InChI=1S/C12H13F5N2O/c1-7(5-12(15,16)17)18-6-10(20)19-11-8(13)3-2-4-9(11)14/h2-4,7,18H,5-6H2,1H3,(H,19,20). The Balaban J connectivity index is 2.49. The van der Waals surface area contributed by atoms with Crippen LogP contribution < -0.4 is 10.6 Å². The van der Waals surface area contributed by atoms with E-state index in [1.807, 2.05) is 5.32 Å². The first-order valence-corrected chi connectivity index (χ1v) is 5.73. The topological polar surface area (TPSA) is 41.1 Å². The molecule has 20 heavy (non-hydrogen) atoms. The molecule has 1 atom stereocenters. The Bertz CT molecular complexity index is 455. The molecule has 1 unspecified atom stereocenters. The number of carbonyl (C=O) groups is 1. The van der Waals surface area contributed by atoms with Crippen molar-refractivity contribution < 1.29 is 26.7 Å². The highest BCUT2D eigenvalue weighted by atomic mass is 19.4. The van der Waals surface area contributed by atoms with Gasteiger partial charge < -0.3 is 10.6 Å². The van der Waals surface area contributed by atoms with Gasteiger partial charge in [-0.25, -0.2) is 8.78 Å². The molecule has 0 spiro atoms. The van der Waals surface area contributed by atoms with Gasteiger partial charge in [0.15, 0.2) is 0 Å². The third-order valence-corrected chi connectivity index (χ3v) is 2.38. The van der Waals surface area contributed by atoms with E-state index in [1.165, 1.54) is 6.92 Å². The quantitative estimate of drug-likeness (QED) is 0.820. The number of halogens is 5. The predicted octanol–water partition coefficient (Wildman–Crippen LogP) is 2.83. The minimum atomic E-state index is -4.35. The highest BCUT2D eigenvalue weighted by Gasteiger charge is 2.29. The van der Waals surface area contributed by atoms with Crippen LogP contribution in [0.3, 0.4) is 0 Å². The SMILES string of the molecule is CC(CC(F)(F)F)NCC(=O)Nc1c(F)cccc1F. The average Bonchev–Trinajstić information content (AvgIpc) is 2.29. The first-order valence-electron chi connectivity index (χ1n) is 5.73. The summed E-state index contributed by atoms with van der Waals surface area (Å²) in [5.74, 6) is -2.74. The summed E-state index contributed by atoms with van der Waals surface area (Å²) in [5.41, 5.74) is -0.622. The van der Waals surface area contributed by atoms with E-state index in [1.54, 1.807) is 0 Å². The number of hydrogen-bond donors (Lipinski definition) is 2. The normalized spacial score (nSPS) is 13.1. The van der Waals surface area contributed by atoms with Crippen LogP contribution in [0.25, 0.3) is 0 Å². The van der Waals surface area contributed by atoms with Gasteiger partial charge in [0.1, 0.15) is 17.3 Å². The molecule has 0 saturated heterocycles. The lowest BCUT2D eigenvalue weighted by molar-refractivity contribution is -0.139. The minimum absolute atomic E-state index is 0.481. The minimum Gasteiger partial charge on any atom is -0.320 e. The highest BCUT2D eigenvalue weighted by Crippen LogP contribution is 2.21. The van der Waals surface area contributed by atoms with E-state index in [9.17, 15) is 26.7 Å². The van der Waals surface area contributed by atoms with Gasteiger partial charge in [-0.1, -0.05) is 6.07 Å². The third kappa shape index (κ3) is 5.52. The van der Waals surface area contributed by atoms with Crippen LogP contribution in [0.1, 0.15) is 13.3 Å². The van der Waals surface area contributed by atoms with E-state index >= 15 is 0 Å². The van der Waals surface area contributed by atoms with Crippen molar-refractivity contribution in [3.05, 3.63) is 29.8 Å². The number of amides is 1. The summed E-state index contributed by atoms with van der Waals surface area (Å²) in [4.78, 5) is 11.4. The van der Waals surface area contributed by atoms with Gasteiger partial charge >= 0.3 is 6.18 Å². The first-order chi connectivity index (χ1) is 9.19. The zero-order chi connectivity index (χ0) is 15.3. The summed E-state index contributed by atoms with van der Waals surface area (Å²) in [6, 6.07) is 2.06. The Morgan fingerprint density at radius 1 is 1.25 bits per heavy atom. The van der Waals surface area contributed by atoms with Crippen LogP contribution in [0.4, 0.5) is 27.6 Å². The Morgan fingerprint density at radius 2 is 1.80 bits per heavy atom. The fraction of sp³-hybridized carbons (Fsp3) is 0.417. The average molecular weight is 296 g/mol. The third-order valence-electron chi connectivity index (χ3n) is 2.38. The summed E-state index contributed by atoms with van der Waals surface area (Å²) in [6.45, 7) is 0.773. The maximum Gasteiger partial charge on any atom is 0.390 e. The lowest BCUT2D eigenvalue weighted by atomic mass is 10.2. The largest absolute Gasteiger partial charge is 0.390 e. The molecule has 0 fully saturated rings. The van der Waals surface area contributed by atoms with Gasteiger partial charge in [0.25, 0.3) is 0 Å². The molecule has 1 aromatic rings. The maximum atomic E-state index is 13.2. The smallest absolute Gasteiger partial charge is 0.320 e. The van der Waals surface area contributed by atoms with E-state index in [2.05, 4.69) is 5.32 Å². The number of rotatable bonds is 5. The van der Waals surface area contributed by atoms with Crippen LogP contribution in [0.15, 0.2) is 18.2 Å². The molecule has 0 aliphatic carbocycles. The lowest BCUT2D eigenvalue weighted by Crippen LogP contribution is -2.37. The summed E-state index contributed by atoms with van der Waals surface area (Å²) in [7, 11) is 0. The number of para-hydroxylation sites is 1. The van der Waals surface area contributed by atoms with Gasteiger partial charge in [0, 0.05) is 6.04 Å². The zero-order valence-corrected chi connectivity index (χ0v) is 10.5. The molecule has 1 aromatic carbocycles. The number of nitrogens with one attached hydrogen (secondary N) is 2. The summed E-state index contributed by atoms with van der Waals surface area (Å²) in [5, 5.41) is 4.29. The molecule has 0 bridgehead atoms. The molecule has 3 nitrogen and oxygen atoms in total. The van der Waals surface area contributed by atoms with E-state index in [4.69, 9.17) is 0 Å². The predicted molar refractivity (Wildman–Crippen MR) is 63.1 cm³/mol. The Hall–Kier alpha value is -1.70. The molecule has 0 heterocycles. The van der Waals surface area contributed by atoms with E-state index < -0.39 is 48.4 Å². The fourth-order valence-corrected chi connectivity index (χ4v) is 1.49. The van der Waals surface area contributed by atoms with Gasteiger partial charge in [-0.3, -0.25) is 4.79 Å². The Kier molecular flexibility index (Phi) is 5.43. The molecule has 112 valence electrons. The molecular formula is C12H13F5N2O. The number of carbonyl (C=O) groups excluding carboxylic acids is 1. The second-order valence-corrected chi connectivity index (χ2v) is 4.25. The molecule has 1 rings (SSSR count). The van der Waals surface area contributed by atoms with Crippen molar-refractivity contribution in [3.8, 4) is 0 Å². The van der Waals surface area contributed by atoms with Crippen molar-refractivity contribution in [1.29, 1.82) is 0 Å². The maximum absolute atomic E-state index is 13.2. The summed E-state index contributed by atoms with van der Waals surface area (Å²) in [6.07, 6.45) is -5.45. The van der Waals surface area contributed by atoms with Gasteiger partial charge in [0.2, 0.25) is 5.91 Å². The molecule has 0 aliphatic heterocycles. The number of anilines is 1. The number of benzene rings is 1. The molecule has 8 heteroatoms. The van der Waals surface area contributed by atoms with E-state index in [0.29, 0.717) is 0 Å². The van der Waals surface area contributed by atoms with Gasteiger partial charge in [-0.15, -0.1) is 0 Å². The summed E-state index contributed by atoms with van der Waals surface area (Å²) < 4.78 is 62.5. The second-order valence-electron chi connectivity index (χ2n) is 4.25. The van der Waals surface area contributed by atoms with Crippen molar-refractivity contribution in [2.45, 2.75) is 25.6 Å². The molecule has 2 N–H and O–H groups in total. The van der Waals surface area contributed by atoms with Gasteiger partial charge in [0.05, 0.1) is 13.0 Å². The highest BCUT2D eigenvalue weighted by molar-refractivity contribution is 5.92. The second kappa shape index (κ2) is 6.65. The fourth-order valence-electron chi connectivity index (χ4n) is 1.49. The lowest BCUT2D eigenvalue weighted by Gasteiger charge is -2.15. The molecule has 0 saturated carbocycles. The molecule has 1 amide bonds. The Labute approximate surface area is 112 Å². The van der Waals surface area contributed by atoms with Crippen LogP contribution in [0, 0.1) is 11.6 Å². The van der Waals surface area contributed by atoms with Gasteiger partial charge in [-0.2, -0.15) is 13.2 Å². The van der Waals surface area contributed by atoms with Crippen molar-refractivity contribution in [1.82, 2.24) is 5.32 Å². The molecule has 0 aliphatic rings. The molecular weight excluding hydrogens is 283 g/mol. The molecule has 0 aromatic heterocycles. The molecule has 0 radical (unpaired) electrons. The Morgan fingerprint density at radius 3 is 2.30 bits per heavy atom. The number of hydrogen-bond acceptors (Lipinski definition) is 2.